The van der Waals surface area contributed by atoms with E-state index < -0.39 is 0 Å². The Morgan fingerprint density at radius 3 is 2.62 bits per heavy atom. The molecule has 2 aromatic rings. The molecule has 7 nitrogen and oxygen atoms in total. The fraction of sp³-hybridized carbons (Fsp3) is 0.567. The van der Waals surface area contributed by atoms with Gasteiger partial charge in [-0.25, -0.2) is 0 Å². The van der Waals surface area contributed by atoms with Crippen LogP contribution < -0.4 is 4.90 Å². The van der Waals surface area contributed by atoms with Gasteiger partial charge in [0.15, 0.2) is 0 Å². The fourth-order valence-electron chi connectivity index (χ4n) is 6.32. The van der Waals surface area contributed by atoms with Crippen LogP contribution in [0, 0.1) is 0 Å². The van der Waals surface area contributed by atoms with Crippen LogP contribution in [0.5, 0.6) is 0 Å². The molecule has 37 heavy (non-hydrogen) atoms. The minimum Gasteiger partial charge on any atom is -0.378 e. The van der Waals surface area contributed by atoms with E-state index in [1.165, 1.54) is 0 Å². The van der Waals surface area contributed by atoms with Crippen molar-refractivity contribution in [1.82, 2.24) is 14.8 Å². The van der Waals surface area contributed by atoms with Crippen LogP contribution in [0.25, 0.3) is 0 Å². The molecular weight excluding hydrogens is 464 g/mol. The number of pyridine rings is 1. The number of ether oxygens (including phenoxy) is 1. The Kier molecular flexibility index (Phi) is 8.52. The third kappa shape index (κ3) is 6.39. The highest BCUT2D eigenvalue weighted by Gasteiger charge is 2.35. The number of carbonyl (C=O) groups excluding carboxylic acids is 2. The highest BCUT2D eigenvalue weighted by Crippen LogP contribution is 2.32. The van der Waals surface area contributed by atoms with Crippen LogP contribution in [0.2, 0.25) is 0 Å². The summed E-state index contributed by atoms with van der Waals surface area (Å²) in [5.41, 5.74) is 3.02. The smallest absolute Gasteiger partial charge is 0.223 e. The van der Waals surface area contributed by atoms with Gasteiger partial charge in [-0.05, 0) is 62.3 Å². The highest BCUT2D eigenvalue weighted by molar-refractivity contribution is 5.92. The third-order valence-corrected chi connectivity index (χ3v) is 8.28. The standard InChI is InChI=1S/C30H40N4O3/c1-23(35)33-18-16-26-10-6-11-27(34(26)21-25-9-4-5-17-31-25)22-32(20-24-8-2-3-13-29(24)33)30(36)15-14-28-12-7-19-37-28/h2-5,8-9,13,17,26-28H,6-7,10-12,14-16,18-22H2,1H3. The van der Waals surface area contributed by atoms with E-state index >= 15 is 0 Å². The molecule has 0 radical (unpaired) electrons. The molecule has 0 spiro atoms. The molecule has 3 unspecified atom stereocenters. The SMILES string of the molecule is CC(=O)N1CCC2CCCC(CN(C(=O)CCC3CCCO3)Cc3ccccc31)N2Cc1ccccn1. The molecular formula is C30H40N4O3. The van der Waals surface area contributed by atoms with E-state index in [9.17, 15) is 9.59 Å². The predicted octanol–water partition coefficient (Wildman–Crippen LogP) is 4.55. The van der Waals surface area contributed by atoms with Crippen LogP contribution in [0.4, 0.5) is 5.69 Å². The zero-order chi connectivity index (χ0) is 25.6. The van der Waals surface area contributed by atoms with Gasteiger partial charge in [-0.15, -0.1) is 0 Å². The number of amides is 2. The normalized spacial score (nSPS) is 24.8. The van der Waals surface area contributed by atoms with Crippen molar-refractivity contribution in [3.8, 4) is 0 Å². The Morgan fingerprint density at radius 1 is 1.00 bits per heavy atom. The summed E-state index contributed by atoms with van der Waals surface area (Å²) in [6.45, 7) is 5.11. The molecule has 198 valence electrons. The van der Waals surface area contributed by atoms with Crippen LogP contribution in [-0.2, 0) is 27.4 Å². The lowest BCUT2D eigenvalue weighted by Crippen LogP contribution is -2.52. The van der Waals surface area contributed by atoms with Crippen LogP contribution in [-0.4, -0.2) is 64.5 Å². The van der Waals surface area contributed by atoms with Crippen molar-refractivity contribution in [1.29, 1.82) is 0 Å². The maximum absolute atomic E-state index is 13.7. The number of hydrogen-bond donors (Lipinski definition) is 0. The zero-order valence-corrected chi connectivity index (χ0v) is 22.1. The Morgan fingerprint density at radius 2 is 1.84 bits per heavy atom. The van der Waals surface area contributed by atoms with Gasteiger partial charge in [0.25, 0.3) is 0 Å². The van der Waals surface area contributed by atoms with Gasteiger partial charge in [0.2, 0.25) is 11.8 Å². The second kappa shape index (κ2) is 12.2. The maximum Gasteiger partial charge on any atom is 0.223 e. The summed E-state index contributed by atoms with van der Waals surface area (Å²) in [5.74, 6) is 0.227. The van der Waals surface area contributed by atoms with Crippen LogP contribution in [0.3, 0.4) is 0 Å². The minimum absolute atomic E-state index is 0.0478. The topological polar surface area (TPSA) is 66.0 Å². The number of rotatable bonds is 5. The lowest BCUT2D eigenvalue weighted by Gasteiger charge is -2.44. The van der Waals surface area contributed by atoms with Gasteiger partial charge in [-0.2, -0.15) is 0 Å². The zero-order valence-electron chi connectivity index (χ0n) is 22.1. The first-order chi connectivity index (χ1) is 18.1. The summed E-state index contributed by atoms with van der Waals surface area (Å²) in [6.07, 6.45) is 9.68. The molecule has 2 fully saturated rings. The second-order valence-corrected chi connectivity index (χ2v) is 10.8. The molecule has 0 N–H and O–H groups in total. The summed E-state index contributed by atoms with van der Waals surface area (Å²) in [6, 6.07) is 14.8. The number of piperidine rings is 1. The molecule has 2 saturated heterocycles. The minimum atomic E-state index is 0.0478. The van der Waals surface area contributed by atoms with E-state index in [0.717, 1.165) is 75.0 Å². The van der Waals surface area contributed by atoms with E-state index in [2.05, 4.69) is 26.9 Å². The average Bonchev–Trinajstić information content (AvgIpc) is 3.43. The molecule has 5 rings (SSSR count). The summed E-state index contributed by atoms with van der Waals surface area (Å²) < 4.78 is 5.80. The van der Waals surface area contributed by atoms with Crippen LogP contribution >= 0.6 is 0 Å². The largest absolute Gasteiger partial charge is 0.378 e. The molecule has 2 bridgehead atoms. The summed E-state index contributed by atoms with van der Waals surface area (Å²) >= 11 is 0. The Bertz CT molecular complexity index is 1060. The van der Waals surface area contributed by atoms with E-state index in [1.54, 1.807) is 6.92 Å². The van der Waals surface area contributed by atoms with Crippen molar-refractivity contribution in [2.45, 2.75) is 89.6 Å². The first kappa shape index (κ1) is 25.9. The summed E-state index contributed by atoms with van der Waals surface area (Å²) in [5, 5.41) is 0. The van der Waals surface area contributed by atoms with E-state index in [0.29, 0.717) is 32.1 Å². The second-order valence-electron chi connectivity index (χ2n) is 10.8. The van der Waals surface area contributed by atoms with Gasteiger partial charge in [0.05, 0.1) is 11.8 Å². The Hall–Kier alpha value is -2.77. The lowest BCUT2D eigenvalue weighted by molar-refractivity contribution is -0.134. The van der Waals surface area contributed by atoms with Crippen LogP contribution in [0.1, 0.15) is 69.5 Å². The van der Waals surface area contributed by atoms with E-state index in [4.69, 9.17) is 4.74 Å². The highest BCUT2D eigenvalue weighted by atomic mass is 16.5. The average molecular weight is 505 g/mol. The van der Waals surface area contributed by atoms with Crippen molar-refractivity contribution in [2.75, 3.05) is 24.6 Å². The van der Waals surface area contributed by atoms with Crippen molar-refractivity contribution in [3.63, 3.8) is 0 Å². The molecule has 1 aromatic heterocycles. The first-order valence-electron chi connectivity index (χ1n) is 14.0. The van der Waals surface area contributed by atoms with Gasteiger partial charge in [0.1, 0.15) is 0 Å². The third-order valence-electron chi connectivity index (χ3n) is 8.28. The van der Waals surface area contributed by atoms with Gasteiger partial charge < -0.3 is 14.5 Å². The van der Waals surface area contributed by atoms with Gasteiger partial charge in [0, 0.05) is 70.1 Å². The first-order valence-corrected chi connectivity index (χ1v) is 14.0. The van der Waals surface area contributed by atoms with Gasteiger partial charge in [-0.1, -0.05) is 30.7 Å². The number of fused-ring (bicyclic) bond motifs is 3. The fourth-order valence-corrected chi connectivity index (χ4v) is 6.32. The molecule has 4 heterocycles. The van der Waals surface area contributed by atoms with Crippen molar-refractivity contribution in [3.05, 3.63) is 59.9 Å². The summed E-state index contributed by atoms with van der Waals surface area (Å²) in [7, 11) is 0. The quantitative estimate of drug-likeness (QED) is 0.598. The van der Waals surface area contributed by atoms with Crippen molar-refractivity contribution >= 4 is 17.5 Å². The molecule has 3 atom stereocenters. The number of aromatic nitrogens is 1. The molecule has 1 aromatic carbocycles. The number of hydrogen-bond acceptors (Lipinski definition) is 5. The number of para-hydroxylation sites is 1. The number of nitrogens with zero attached hydrogens (tertiary/aromatic N) is 4. The monoisotopic (exact) mass is 504 g/mol. The molecule has 0 aliphatic carbocycles. The molecule has 3 aliphatic rings. The van der Waals surface area contributed by atoms with E-state index in [1.807, 2.05) is 41.4 Å². The van der Waals surface area contributed by atoms with Gasteiger partial charge >= 0.3 is 0 Å². The van der Waals surface area contributed by atoms with Crippen molar-refractivity contribution in [2.24, 2.45) is 0 Å². The van der Waals surface area contributed by atoms with Crippen molar-refractivity contribution < 1.29 is 14.3 Å². The molecule has 3 aliphatic heterocycles. The van der Waals surface area contributed by atoms with E-state index in [-0.39, 0.29) is 24.0 Å². The molecule has 0 saturated carbocycles. The predicted molar refractivity (Wildman–Crippen MR) is 144 cm³/mol. The Balaban J connectivity index is 1.46. The number of benzene rings is 1. The lowest BCUT2D eigenvalue weighted by atomic mass is 9.92. The molecule has 7 heteroatoms. The van der Waals surface area contributed by atoms with Gasteiger partial charge in [-0.3, -0.25) is 19.5 Å². The summed E-state index contributed by atoms with van der Waals surface area (Å²) in [4.78, 5) is 37.7. The number of carbonyl (C=O) groups is 2. The number of anilines is 1. The maximum atomic E-state index is 13.7. The Labute approximate surface area is 220 Å². The van der Waals surface area contributed by atoms with Crippen LogP contribution in [0.15, 0.2) is 48.7 Å². The molecule has 2 amide bonds.